The van der Waals surface area contributed by atoms with Crippen molar-refractivity contribution in [1.29, 1.82) is 0 Å². The van der Waals surface area contributed by atoms with Crippen molar-refractivity contribution in [2.75, 3.05) is 20.1 Å². The van der Waals surface area contributed by atoms with Crippen LogP contribution in [0.1, 0.15) is 24.1 Å². The first kappa shape index (κ1) is 19.1. The van der Waals surface area contributed by atoms with Gasteiger partial charge in [0, 0.05) is 32.3 Å². The molecule has 148 valence electrons. The number of pyridine rings is 1. The summed E-state index contributed by atoms with van der Waals surface area (Å²) in [6.07, 6.45) is 3.22. The third kappa shape index (κ3) is 3.44. The zero-order valence-electron chi connectivity index (χ0n) is 16.2. The van der Waals surface area contributed by atoms with Gasteiger partial charge in [0.25, 0.3) is 0 Å². The number of hydrogen-bond donors (Lipinski definition) is 0. The van der Waals surface area contributed by atoms with Crippen LogP contribution in [0.15, 0.2) is 53.6 Å². The molecule has 2 heterocycles. The molecule has 2 fully saturated rings. The third-order valence-electron chi connectivity index (χ3n) is 6.00. The number of rotatable bonds is 5. The number of benzene rings is 1. The van der Waals surface area contributed by atoms with E-state index in [9.17, 15) is 13.2 Å². The standard InChI is InChI=1S/C21H25N3O3S/c1-16-6-8-18(9-7-16)28(26,27)24-12-10-21(15-24)13-19(21)20(25)23(2)14-17-5-3-4-11-22-17/h3-9,11,19H,10,12-15H2,1-2H3/t19-,21-/m0/s1. The maximum atomic E-state index is 12.9. The molecular weight excluding hydrogens is 374 g/mol. The molecule has 1 aliphatic heterocycles. The molecule has 7 heteroatoms. The summed E-state index contributed by atoms with van der Waals surface area (Å²) in [5.74, 6) is -0.0142. The first-order valence-electron chi connectivity index (χ1n) is 9.54. The fourth-order valence-electron chi connectivity index (χ4n) is 4.15. The fraction of sp³-hybridized carbons (Fsp3) is 0.429. The Morgan fingerprint density at radius 2 is 2.00 bits per heavy atom. The normalized spacial score (nSPS) is 24.4. The van der Waals surface area contributed by atoms with E-state index in [2.05, 4.69) is 4.98 Å². The SMILES string of the molecule is Cc1ccc(S(=O)(=O)N2CC[C@]3(C[C@H]3C(=O)N(C)Cc3ccccn3)C2)cc1. The zero-order chi connectivity index (χ0) is 19.9. The van der Waals surface area contributed by atoms with Crippen LogP contribution in [0.5, 0.6) is 0 Å². The Hall–Kier alpha value is -2.25. The molecule has 2 aromatic rings. The van der Waals surface area contributed by atoms with Crippen molar-refractivity contribution in [3.8, 4) is 0 Å². The average Bonchev–Trinajstić information content (AvgIpc) is 3.20. The molecule has 1 aliphatic carbocycles. The second kappa shape index (κ2) is 6.97. The maximum Gasteiger partial charge on any atom is 0.243 e. The summed E-state index contributed by atoms with van der Waals surface area (Å²) in [7, 11) is -1.72. The van der Waals surface area contributed by atoms with Crippen molar-refractivity contribution in [3.05, 3.63) is 59.9 Å². The molecule has 28 heavy (non-hydrogen) atoms. The second-order valence-corrected chi connectivity index (χ2v) is 9.97. The summed E-state index contributed by atoms with van der Waals surface area (Å²) in [6.45, 7) is 3.31. The maximum absolute atomic E-state index is 12.9. The molecule has 0 unspecified atom stereocenters. The van der Waals surface area contributed by atoms with Gasteiger partial charge < -0.3 is 4.90 Å². The minimum absolute atomic E-state index is 0.0836. The van der Waals surface area contributed by atoms with E-state index >= 15 is 0 Å². The van der Waals surface area contributed by atoms with Gasteiger partial charge >= 0.3 is 0 Å². The van der Waals surface area contributed by atoms with Gasteiger partial charge in [0.15, 0.2) is 0 Å². The fourth-order valence-corrected chi connectivity index (χ4v) is 5.68. The highest BCUT2D eigenvalue weighted by Crippen LogP contribution is 2.59. The highest BCUT2D eigenvalue weighted by molar-refractivity contribution is 7.89. The Labute approximate surface area is 166 Å². The van der Waals surface area contributed by atoms with E-state index in [1.807, 2.05) is 37.3 Å². The number of nitrogens with zero attached hydrogens (tertiary/aromatic N) is 3. The Bertz CT molecular complexity index is 976. The number of hydrogen-bond acceptors (Lipinski definition) is 4. The molecule has 0 bridgehead atoms. The van der Waals surface area contributed by atoms with Crippen molar-refractivity contribution < 1.29 is 13.2 Å². The number of carbonyl (C=O) groups is 1. The minimum atomic E-state index is -3.51. The van der Waals surface area contributed by atoms with Gasteiger partial charge in [-0.2, -0.15) is 4.31 Å². The average molecular weight is 400 g/mol. The molecule has 1 saturated heterocycles. The Morgan fingerprint density at radius 3 is 2.68 bits per heavy atom. The van der Waals surface area contributed by atoms with Gasteiger partial charge in [0.05, 0.1) is 17.1 Å². The number of aromatic nitrogens is 1. The lowest BCUT2D eigenvalue weighted by Gasteiger charge is -2.19. The molecule has 4 rings (SSSR count). The van der Waals surface area contributed by atoms with Crippen molar-refractivity contribution in [2.24, 2.45) is 11.3 Å². The summed E-state index contributed by atoms with van der Waals surface area (Å²) in [4.78, 5) is 19.2. The molecule has 0 radical (unpaired) electrons. The molecule has 1 aromatic carbocycles. The summed E-state index contributed by atoms with van der Waals surface area (Å²) in [5.41, 5.74) is 1.68. The highest BCUT2D eigenvalue weighted by atomic mass is 32.2. The molecule has 2 atom stereocenters. The monoisotopic (exact) mass is 399 g/mol. The number of sulfonamides is 1. The minimum Gasteiger partial charge on any atom is -0.340 e. The Balaban J connectivity index is 1.42. The third-order valence-corrected chi connectivity index (χ3v) is 7.86. The molecular formula is C21H25N3O3S. The number of aryl methyl sites for hydroxylation is 1. The van der Waals surface area contributed by atoms with Gasteiger partial charge in [-0.15, -0.1) is 0 Å². The van der Waals surface area contributed by atoms with Crippen molar-refractivity contribution >= 4 is 15.9 Å². The zero-order valence-corrected chi connectivity index (χ0v) is 17.0. The smallest absolute Gasteiger partial charge is 0.243 e. The number of carbonyl (C=O) groups excluding carboxylic acids is 1. The predicted molar refractivity (Wildman–Crippen MR) is 106 cm³/mol. The summed E-state index contributed by atoms with van der Waals surface area (Å²) in [6, 6.07) is 12.6. The summed E-state index contributed by atoms with van der Waals surface area (Å²) < 4.78 is 27.4. The quantitative estimate of drug-likeness (QED) is 0.774. The predicted octanol–water partition coefficient (Wildman–Crippen LogP) is 2.45. The van der Waals surface area contributed by atoms with Crippen LogP contribution in [-0.4, -0.2) is 48.7 Å². The van der Waals surface area contributed by atoms with Gasteiger partial charge in [0.1, 0.15) is 0 Å². The lowest BCUT2D eigenvalue weighted by molar-refractivity contribution is -0.132. The largest absolute Gasteiger partial charge is 0.340 e. The lowest BCUT2D eigenvalue weighted by atomic mass is 10.0. The van der Waals surface area contributed by atoms with Gasteiger partial charge in [0.2, 0.25) is 15.9 Å². The summed E-state index contributed by atoms with van der Waals surface area (Å²) >= 11 is 0. The van der Waals surface area contributed by atoms with Crippen molar-refractivity contribution in [1.82, 2.24) is 14.2 Å². The highest BCUT2D eigenvalue weighted by Gasteiger charge is 2.62. The van der Waals surface area contributed by atoms with E-state index in [-0.39, 0.29) is 17.2 Å². The van der Waals surface area contributed by atoms with E-state index in [1.165, 1.54) is 0 Å². The van der Waals surface area contributed by atoms with Crippen LogP contribution in [0.4, 0.5) is 0 Å². The van der Waals surface area contributed by atoms with E-state index in [4.69, 9.17) is 0 Å². The van der Waals surface area contributed by atoms with Crippen LogP contribution in [0.25, 0.3) is 0 Å². The molecule has 2 aliphatic rings. The van der Waals surface area contributed by atoms with Gasteiger partial charge in [-0.1, -0.05) is 23.8 Å². The van der Waals surface area contributed by atoms with Gasteiger partial charge in [-0.3, -0.25) is 9.78 Å². The van der Waals surface area contributed by atoms with Gasteiger partial charge in [-0.25, -0.2) is 8.42 Å². The van der Waals surface area contributed by atoms with Gasteiger partial charge in [-0.05, 0) is 49.4 Å². The number of amides is 1. The first-order chi connectivity index (χ1) is 13.3. The van der Waals surface area contributed by atoms with Crippen LogP contribution in [-0.2, 0) is 21.4 Å². The van der Waals surface area contributed by atoms with Crippen molar-refractivity contribution in [3.63, 3.8) is 0 Å². The van der Waals surface area contributed by atoms with E-state index < -0.39 is 10.0 Å². The second-order valence-electron chi connectivity index (χ2n) is 8.04. The first-order valence-corrected chi connectivity index (χ1v) is 11.0. The topological polar surface area (TPSA) is 70.6 Å². The van der Waals surface area contributed by atoms with Crippen LogP contribution in [0, 0.1) is 18.3 Å². The molecule has 1 aromatic heterocycles. The molecule has 0 N–H and O–H groups in total. The van der Waals surface area contributed by atoms with Crippen LogP contribution in [0.2, 0.25) is 0 Å². The van der Waals surface area contributed by atoms with Crippen LogP contribution >= 0.6 is 0 Å². The molecule has 1 saturated carbocycles. The van der Waals surface area contributed by atoms with Crippen molar-refractivity contribution in [2.45, 2.75) is 31.2 Å². The van der Waals surface area contributed by atoms with E-state index in [0.29, 0.717) is 24.5 Å². The Morgan fingerprint density at radius 1 is 1.25 bits per heavy atom. The van der Waals surface area contributed by atoms with E-state index in [1.54, 1.807) is 34.6 Å². The van der Waals surface area contributed by atoms with E-state index in [0.717, 1.165) is 24.1 Å². The molecule has 1 amide bonds. The molecule has 1 spiro atoms. The lowest BCUT2D eigenvalue weighted by Crippen LogP contribution is -2.32. The van der Waals surface area contributed by atoms with Crippen LogP contribution < -0.4 is 0 Å². The Kier molecular flexibility index (Phi) is 4.75. The molecule has 6 nitrogen and oxygen atoms in total. The van der Waals surface area contributed by atoms with Crippen LogP contribution in [0.3, 0.4) is 0 Å². The summed E-state index contributed by atoms with van der Waals surface area (Å²) in [5, 5.41) is 0.